The van der Waals surface area contributed by atoms with Crippen molar-refractivity contribution < 1.29 is 37.0 Å². The molecule has 4 rings (SSSR count). The molecule has 1 aliphatic rings. The molecule has 2 aromatic carbocycles. The van der Waals surface area contributed by atoms with Crippen LogP contribution in [0.3, 0.4) is 0 Å². The number of methoxy groups -OCH3 is 1. The molecule has 0 unspecified atom stereocenters. The predicted molar refractivity (Wildman–Crippen MR) is 172 cm³/mol. The van der Waals surface area contributed by atoms with E-state index in [4.69, 9.17) is 13.9 Å². The second-order valence-corrected chi connectivity index (χ2v) is 12.6. The van der Waals surface area contributed by atoms with Gasteiger partial charge < -0.3 is 29.2 Å². The average Bonchev–Trinajstić information content (AvgIpc) is 3.44. The number of hydrogen-bond acceptors (Lipinski definition) is 9. The molecule has 1 aromatic heterocycles. The largest absolute Gasteiger partial charge is 0.490 e. The molecular formula is C32H39N5O8S. The van der Waals surface area contributed by atoms with Crippen LogP contribution in [0.2, 0.25) is 0 Å². The standard InChI is InChI=1S/C32H39N5O8S/c1-21(2)28(32(39)40)35-46(41,42)37-16-14-36(15-17-37)25-11-8-23(9-12-25)6-7-24-10-13-27(44-19-18-43-5)26(20-24)31-34-22(3)29(45-31)30(38)33-4/h8-13,20-21,28,35H,14-19H2,1-5H3,(H,33,38)(H,39,40)/t28-/m1/s1. The normalized spacial score (nSPS) is 14.4. The molecule has 1 amide bonds. The number of aliphatic carboxylic acids is 1. The van der Waals surface area contributed by atoms with Gasteiger partial charge in [0.1, 0.15) is 18.4 Å². The first kappa shape index (κ1) is 34.5. The number of anilines is 1. The first-order chi connectivity index (χ1) is 21.9. The topological polar surface area (TPSA) is 164 Å². The van der Waals surface area contributed by atoms with Gasteiger partial charge in [0.15, 0.2) is 0 Å². The van der Waals surface area contributed by atoms with Crippen LogP contribution in [-0.2, 0) is 19.7 Å². The van der Waals surface area contributed by atoms with E-state index >= 15 is 0 Å². The minimum Gasteiger partial charge on any atom is -0.490 e. The summed E-state index contributed by atoms with van der Waals surface area (Å²) in [4.78, 5) is 30.2. The van der Waals surface area contributed by atoms with E-state index in [9.17, 15) is 23.1 Å². The Labute approximate surface area is 269 Å². The average molecular weight is 654 g/mol. The fraction of sp³-hybridized carbons (Fsp3) is 0.406. The van der Waals surface area contributed by atoms with E-state index in [0.717, 1.165) is 11.3 Å². The van der Waals surface area contributed by atoms with E-state index in [1.54, 1.807) is 40.0 Å². The maximum atomic E-state index is 12.8. The van der Waals surface area contributed by atoms with E-state index in [1.165, 1.54) is 11.4 Å². The van der Waals surface area contributed by atoms with Crippen molar-refractivity contribution in [2.24, 2.45) is 5.92 Å². The van der Waals surface area contributed by atoms with Crippen LogP contribution in [-0.4, -0.2) is 94.3 Å². The van der Waals surface area contributed by atoms with Crippen LogP contribution >= 0.6 is 0 Å². The highest BCUT2D eigenvalue weighted by molar-refractivity contribution is 7.87. The monoisotopic (exact) mass is 653 g/mol. The summed E-state index contributed by atoms with van der Waals surface area (Å²) in [6, 6.07) is 11.8. The van der Waals surface area contributed by atoms with Crippen molar-refractivity contribution in [3.63, 3.8) is 0 Å². The molecule has 0 saturated carbocycles. The Morgan fingerprint density at radius 2 is 1.70 bits per heavy atom. The van der Waals surface area contributed by atoms with E-state index in [2.05, 4.69) is 31.8 Å². The van der Waals surface area contributed by atoms with Crippen LogP contribution in [0.1, 0.15) is 41.2 Å². The molecule has 1 fully saturated rings. The molecule has 13 nitrogen and oxygen atoms in total. The van der Waals surface area contributed by atoms with E-state index in [-0.39, 0.29) is 30.6 Å². The van der Waals surface area contributed by atoms with E-state index in [1.807, 2.05) is 30.3 Å². The summed E-state index contributed by atoms with van der Waals surface area (Å²) in [5, 5.41) is 11.9. The molecule has 14 heteroatoms. The lowest BCUT2D eigenvalue weighted by molar-refractivity contribution is -0.140. The Kier molecular flexibility index (Phi) is 11.4. The zero-order chi connectivity index (χ0) is 33.4. The zero-order valence-corrected chi connectivity index (χ0v) is 27.3. The third-order valence-corrected chi connectivity index (χ3v) is 8.95. The third kappa shape index (κ3) is 8.43. The van der Waals surface area contributed by atoms with Gasteiger partial charge in [-0.25, -0.2) is 4.98 Å². The summed E-state index contributed by atoms with van der Waals surface area (Å²) in [5.41, 5.74) is 3.39. The second kappa shape index (κ2) is 15.2. The molecule has 1 atom stereocenters. The summed E-state index contributed by atoms with van der Waals surface area (Å²) in [5.74, 6) is 5.22. The van der Waals surface area contributed by atoms with Gasteiger partial charge in [0.2, 0.25) is 11.7 Å². The minimum atomic E-state index is -3.94. The number of aryl methyl sites for hydroxylation is 1. The van der Waals surface area contributed by atoms with Crippen molar-refractivity contribution in [3.05, 3.63) is 65.0 Å². The molecule has 1 aliphatic heterocycles. The van der Waals surface area contributed by atoms with Crippen molar-refractivity contribution >= 4 is 27.8 Å². The number of hydrogen-bond donors (Lipinski definition) is 3. The minimum absolute atomic E-state index is 0.120. The molecule has 0 spiro atoms. The van der Waals surface area contributed by atoms with Gasteiger partial charge >= 0.3 is 5.97 Å². The summed E-state index contributed by atoms with van der Waals surface area (Å²) in [7, 11) is -0.833. The van der Waals surface area contributed by atoms with Crippen LogP contribution in [0.5, 0.6) is 5.75 Å². The SMILES string of the molecule is CNC(=O)c1oc(-c2cc(C#Cc3ccc(N4CCN(S(=O)(=O)N[C@@H](C(=O)O)C(C)C)CC4)cc3)ccc2OCCOC)nc1C. The van der Waals surface area contributed by atoms with Gasteiger partial charge in [0.05, 0.1) is 17.9 Å². The molecule has 2 heterocycles. The van der Waals surface area contributed by atoms with Crippen molar-refractivity contribution in [1.82, 2.24) is 19.3 Å². The predicted octanol–water partition coefficient (Wildman–Crippen LogP) is 2.50. The Bertz CT molecular complexity index is 1700. The number of rotatable bonds is 12. The summed E-state index contributed by atoms with van der Waals surface area (Å²) >= 11 is 0. The Hall–Kier alpha value is -4.42. The fourth-order valence-corrected chi connectivity index (χ4v) is 6.25. The van der Waals surface area contributed by atoms with Crippen LogP contribution < -0.4 is 19.7 Å². The highest BCUT2D eigenvalue weighted by Gasteiger charge is 2.33. The lowest BCUT2D eigenvalue weighted by Crippen LogP contribution is -2.55. The number of oxazole rings is 1. The highest BCUT2D eigenvalue weighted by atomic mass is 32.2. The molecule has 1 saturated heterocycles. The fourth-order valence-electron chi connectivity index (χ4n) is 4.76. The maximum absolute atomic E-state index is 12.8. The number of carbonyl (C=O) groups is 2. The zero-order valence-electron chi connectivity index (χ0n) is 26.5. The number of nitrogens with one attached hydrogen (secondary N) is 2. The number of benzene rings is 2. The van der Waals surface area contributed by atoms with Gasteiger partial charge in [0.25, 0.3) is 16.1 Å². The van der Waals surface area contributed by atoms with Crippen molar-refractivity contribution in [1.29, 1.82) is 0 Å². The molecule has 0 radical (unpaired) electrons. The number of ether oxygens (including phenoxy) is 2. The summed E-state index contributed by atoms with van der Waals surface area (Å²) in [6.07, 6.45) is 0. The van der Waals surface area contributed by atoms with E-state index < -0.39 is 28.1 Å². The number of carboxylic acids is 1. The lowest BCUT2D eigenvalue weighted by Gasteiger charge is -2.36. The van der Waals surface area contributed by atoms with Gasteiger partial charge in [-0.3, -0.25) is 9.59 Å². The Morgan fingerprint density at radius 1 is 1.04 bits per heavy atom. The highest BCUT2D eigenvalue weighted by Crippen LogP contribution is 2.32. The van der Waals surface area contributed by atoms with Crippen LogP contribution in [0.25, 0.3) is 11.5 Å². The van der Waals surface area contributed by atoms with Crippen molar-refractivity contribution in [3.8, 4) is 29.0 Å². The second-order valence-electron chi connectivity index (χ2n) is 10.9. The Morgan fingerprint density at radius 3 is 2.30 bits per heavy atom. The maximum Gasteiger partial charge on any atom is 0.322 e. The molecule has 246 valence electrons. The van der Waals surface area contributed by atoms with Gasteiger partial charge in [-0.15, -0.1) is 0 Å². The van der Waals surface area contributed by atoms with Crippen LogP contribution in [0.4, 0.5) is 5.69 Å². The van der Waals surface area contributed by atoms with Crippen molar-refractivity contribution in [2.75, 3.05) is 58.5 Å². The molecular weight excluding hydrogens is 614 g/mol. The number of piperazine rings is 1. The van der Waals surface area contributed by atoms with E-state index in [0.29, 0.717) is 48.9 Å². The lowest BCUT2D eigenvalue weighted by atomic mass is 10.1. The van der Waals surface area contributed by atoms with Gasteiger partial charge in [0, 0.05) is 57.2 Å². The Balaban J connectivity index is 1.46. The van der Waals surface area contributed by atoms with Gasteiger partial charge in [-0.2, -0.15) is 17.4 Å². The number of amides is 1. The summed E-state index contributed by atoms with van der Waals surface area (Å²) < 4.78 is 46.0. The number of carboxylic acid groups (broad SMARTS) is 1. The van der Waals surface area contributed by atoms with Crippen LogP contribution in [0, 0.1) is 24.7 Å². The third-order valence-electron chi connectivity index (χ3n) is 7.36. The van der Waals surface area contributed by atoms with Gasteiger partial charge in [-0.1, -0.05) is 25.7 Å². The molecule has 0 bridgehead atoms. The molecule has 0 aliphatic carbocycles. The van der Waals surface area contributed by atoms with Crippen LogP contribution in [0.15, 0.2) is 46.9 Å². The molecule has 46 heavy (non-hydrogen) atoms. The van der Waals surface area contributed by atoms with Crippen molar-refractivity contribution in [2.45, 2.75) is 26.8 Å². The number of nitrogens with zero attached hydrogens (tertiary/aromatic N) is 3. The smallest absolute Gasteiger partial charge is 0.322 e. The van der Waals surface area contributed by atoms with Gasteiger partial charge in [-0.05, 0) is 55.3 Å². The quantitative estimate of drug-likeness (QED) is 0.196. The number of aromatic nitrogens is 1. The number of carbonyl (C=O) groups excluding carboxylic acids is 1. The first-order valence-corrected chi connectivity index (χ1v) is 16.2. The summed E-state index contributed by atoms with van der Waals surface area (Å²) in [6.45, 7) is 7.07. The molecule has 3 N–H and O–H groups in total. The molecule has 3 aromatic rings. The first-order valence-electron chi connectivity index (χ1n) is 14.8.